The van der Waals surface area contributed by atoms with E-state index >= 15 is 0 Å². The topological polar surface area (TPSA) is 30.0 Å². The SMILES string of the molecule is CCc1ccc(Cc2nc(C(C)=O)cs2)cc1. The number of benzene rings is 1. The number of rotatable bonds is 4. The highest BCUT2D eigenvalue weighted by molar-refractivity contribution is 7.09. The zero-order chi connectivity index (χ0) is 12.3. The number of carbonyl (C=O) groups is 1. The Bertz CT molecular complexity index is 513. The van der Waals surface area contributed by atoms with Crippen molar-refractivity contribution in [3.8, 4) is 0 Å². The summed E-state index contributed by atoms with van der Waals surface area (Å²) in [4.78, 5) is 15.5. The van der Waals surface area contributed by atoms with Crippen LogP contribution in [0.3, 0.4) is 0 Å². The number of nitrogens with zero attached hydrogens (tertiary/aromatic N) is 1. The number of aromatic nitrogens is 1. The van der Waals surface area contributed by atoms with Gasteiger partial charge in [0.05, 0.1) is 5.01 Å². The molecule has 0 fully saturated rings. The van der Waals surface area contributed by atoms with Gasteiger partial charge in [-0.05, 0) is 17.5 Å². The molecular formula is C14H15NOS. The van der Waals surface area contributed by atoms with E-state index in [1.54, 1.807) is 18.3 Å². The summed E-state index contributed by atoms with van der Waals surface area (Å²) in [6.45, 7) is 3.70. The van der Waals surface area contributed by atoms with E-state index in [-0.39, 0.29) is 5.78 Å². The van der Waals surface area contributed by atoms with E-state index in [9.17, 15) is 4.79 Å². The van der Waals surface area contributed by atoms with Crippen molar-refractivity contribution in [1.29, 1.82) is 0 Å². The third kappa shape index (κ3) is 3.01. The predicted octanol–water partition coefficient (Wildman–Crippen LogP) is 3.50. The van der Waals surface area contributed by atoms with Crippen LogP contribution in [0.2, 0.25) is 0 Å². The third-order valence-electron chi connectivity index (χ3n) is 2.70. The van der Waals surface area contributed by atoms with E-state index in [0.717, 1.165) is 17.8 Å². The summed E-state index contributed by atoms with van der Waals surface area (Å²) in [5, 5.41) is 2.83. The molecule has 0 saturated heterocycles. The van der Waals surface area contributed by atoms with Crippen LogP contribution in [-0.2, 0) is 12.8 Å². The molecule has 0 bridgehead atoms. The Balaban J connectivity index is 2.11. The minimum atomic E-state index is 0.0360. The Morgan fingerprint density at radius 2 is 1.88 bits per heavy atom. The lowest BCUT2D eigenvalue weighted by molar-refractivity contribution is 0.101. The van der Waals surface area contributed by atoms with Crippen LogP contribution >= 0.6 is 11.3 Å². The fraction of sp³-hybridized carbons (Fsp3) is 0.286. The van der Waals surface area contributed by atoms with Gasteiger partial charge in [0.15, 0.2) is 5.78 Å². The Labute approximate surface area is 105 Å². The van der Waals surface area contributed by atoms with Crippen molar-refractivity contribution in [2.45, 2.75) is 26.7 Å². The highest BCUT2D eigenvalue weighted by atomic mass is 32.1. The summed E-state index contributed by atoms with van der Waals surface area (Å²) in [5.41, 5.74) is 3.17. The molecule has 2 nitrogen and oxygen atoms in total. The van der Waals surface area contributed by atoms with Crippen LogP contribution < -0.4 is 0 Å². The molecule has 17 heavy (non-hydrogen) atoms. The first-order valence-corrected chi connectivity index (χ1v) is 6.60. The van der Waals surface area contributed by atoms with Gasteiger partial charge in [0.2, 0.25) is 0 Å². The van der Waals surface area contributed by atoms with Gasteiger partial charge in [-0.1, -0.05) is 31.2 Å². The summed E-state index contributed by atoms with van der Waals surface area (Å²) in [6, 6.07) is 8.56. The van der Waals surface area contributed by atoms with Gasteiger partial charge >= 0.3 is 0 Å². The third-order valence-corrected chi connectivity index (χ3v) is 3.55. The van der Waals surface area contributed by atoms with Gasteiger partial charge < -0.3 is 0 Å². The molecular weight excluding hydrogens is 230 g/mol. The lowest BCUT2D eigenvalue weighted by Gasteiger charge is -2.00. The summed E-state index contributed by atoms with van der Waals surface area (Å²) < 4.78 is 0. The Morgan fingerprint density at radius 3 is 2.41 bits per heavy atom. The average Bonchev–Trinajstić information content (AvgIpc) is 2.79. The predicted molar refractivity (Wildman–Crippen MR) is 70.7 cm³/mol. The molecule has 0 amide bonds. The van der Waals surface area contributed by atoms with E-state index in [2.05, 4.69) is 36.2 Å². The number of ketones is 1. The van der Waals surface area contributed by atoms with E-state index in [4.69, 9.17) is 0 Å². The second kappa shape index (κ2) is 5.23. The van der Waals surface area contributed by atoms with E-state index < -0.39 is 0 Å². The molecule has 1 heterocycles. The molecule has 3 heteroatoms. The van der Waals surface area contributed by atoms with Gasteiger partial charge in [0.25, 0.3) is 0 Å². The van der Waals surface area contributed by atoms with Crippen molar-refractivity contribution in [3.63, 3.8) is 0 Å². The maximum absolute atomic E-state index is 11.1. The van der Waals surface area contributed by atoms with Crippen molar-refractivity contribution in [3.05, 3.63) is 51.5 Å². The summed E-state index contributed by atoms with van der Waals surface area (Å²) in [7, 11) is 0. The molecule has 0 spiro atoms. The van der Waals surface area contributed by atoms with Gasteiger partial charge in [0.1, 0.15) is 5.69 Å². The van der Waals surface area contributed by atoms with Crippen molar-refractivity contribution in [2.24, 2.45) is 0 Å². The molecule has 0 aliphatic heterocycles. The van der Waals surface area contributed by atoms with Gasteiger partial charge in [-0.15, -0.1) is 11.3 Å². The molecule has 88 valence electrons. The number of hydrogen-bond donors (Lipinski definition) is 0. The zero-order valence-electron chi connectivity index (χ0n) is 10.1. The first kappa shape index (κ1) is 12.0. The molecule has 0 aliphatic carbocycles. The summed E-state index contributed by atoms with van der Waals surface area (Å²) in [5.74, 6) is 0.0360. The number of Topliss-reactive ketones (excluding diaryl/α,β-unsaturated/α-hetero) is 1. The molecule has 0 saturated carbocycles. The lowest BCUT2D eigenvalue weighted by Crippen LogP contribution is -1.93. The highest BCUT2D eigenvalue weighted by Gasteiger charge is 2.06. The van der Waals surface area contributed by atoms with Gasteiger partial charge in [-0.25, -0.2) is 4.98 Å². The quantitative estimate of drug-likeness (QED) is 0.772. The second-order valence-electron chi connectivity index (χ2n) is 4.03. The maximum atomic E-state index is 11.1. The van der Waals surface area contributed by atoms with Crippen LogP contribution in [0.15, 0.2) is 29.6 Å². The summed E-state index contributed by atoms with van der Waals surface area (Å²) >= 11 is 1.55. The molecule has 1 aromatic heterocycles. The number of aryl methyl sites for hydroxylation is 1. The first-order chi connectivity index (χ1) is 8.19. The van der Waals surface area contributed by atoms with Crippen LogP contribution in [0, 0.1) is 0 Å². The second-order valence-corrected chi connectivity index (χ2v) is 4.97. The van der Waals surface area contributed by atoms with Gasteiger partial charge in [-0.2, -0.15) is 0 Å². The van der Waals surface area contributed by atoms with E-state index in [1.165, 1.54) is 11.1 Å². The molecule has 0 atom stereocenters. The monoisotopic (exact) mass is 245 g/mol. The molecule has 0 radical (unpaired) electrons. The lowest BCUT2D eigenvalue weighted by atomic mass is 10.1. The van der Waals surface area contributed by atoms with Crippen LogP contribution in [-0.4, -0.2) is 10.8 Å². The Hall–Kier alpha value is -1.48. The minimum Gasteiger partial charge on any atom is -0.293 e. The highest BCUT2D eigenvalue weighted by Crippen LogP contribution is 2.15. The maximum Gasteiger partial charge on any atom is 0.178 e. The van der Waals surface area contributed by atoms with E-state index in [0.29, 0.717) is 5.69 Å². The molecule has 1 aromatic carbocycles. The van der Waals surface area contributed by atoms with E-state index in [1.807, 2.05) is 5.38 Å². The van der Waals surface area contributed by atoms with Crippen molar-refractivity contribution < 1.29 is 4.79 Å². The zero-order valence-corrected chi connectivity index (χ0v) is 10.9. The molecule has 0 aliphatic rings. The molecule has 0 unspecified atom stereocenters. The molecule has 2 rings (SSSR count). The fourth-order valence-electron chi connectivity index (χ4n) is 1.62. The van der Waals surface area contributed by atoms with Crippen LogP contribution in [0.5, 0.6) is 0 Å². The van der Waals surface area contributed by atoms with Gasteiger partial charge in [0, 0.05) is 18.7 Å². The number of thiazole rings is 1. The normalized spacial score (nSPS) is 10.5. The minimum absolute atomic E-state index is 0.0360. The molecule has 2 aromatic rings. The first-order valence-electron chi connectivity index (χ1n) is 5.72. The summed E-state index contributed by atoms with van der Waals surface area (Å²) in [6.07, 6.45) is 1.87. The number of carbonyl (C=O) groups excluding carboxylic acids is 1. The standard InChI is InChI=1S/C14H15NOS/c1-3-11-4-6-12(7-5-11)8-14-15-13(9-17-14)10(2)16/h4-7,9H,3,8H2,1-2H3. The largest absolute Gasteiger partial charge is 0.293 e. The Kier molecular flexibility index (Phi) is 3.69. The van der Waals surface area contributed by atoms with Gasteiger partial charge in [-0.3, -0.25) is 4.79 Å². The van der Waals surface area contributed by atoms with Crippen LogP contribution in [0.1, 0.15) is 40.5 Å². The number of hydrogen-bond acceptors (Lipinski definition) is 3. The fourth-order valence-corrected chi connectivity index (χ4v) is 2.49. The van der Waals surface area contributed by atoms with Crippen molar-refractivity contribution >= 4 is 17.1 Å². The van der Waals surface area contributed by atoms with Crippen LogP contribution in [0.25, 0.3) is 0 Å². The smallest absolute Gasteiger partial charge is 0.178 e. The Morgan fingerprint density at radius 1 is 1.24 bits per heavy atom. The van der Waals surface area contributed by atoms with Crippen molar-refractivity contribution in [2.75, 3.05) is 0 Å². The average molecular weight is 245 g/mol. The van der Waals surface area contributed by atoms with Crippen LogP contribution in [0.4, 0.5) is 0 Å². The van der Waals surface area contributed by atoms with Crippen molar-refractivity contribution in [1.82, 2.24) is 4.98 Å². The molecule has 0 N–H and O–H groups in total.